The SMILES string of the molecule is C=Nc1[nH]cnc(=S)c1NC. The molecule has 0 saturated heterocycles. The first-order chi connectivity index (χ1) is 5.29. The van der Waals surface area contributed by atoms with Gasteiger partial charge in [-0.2, -0.15) is 0 Å². The number of aromatic amines is 1. The fraction of sp³-hybridized carbons (Fsp3) is 0.167. The number of aliphatic imine (C=N–C) groups is 1. The van der Waals surface area contributed by atoms with Gasteiger partial charge in [0, 0.05) is 7.05 Å². The molecule has 0 aliphatic heterocycles. The molecule has 0 aliphatic rings. The summed E-state index contributed by atoms with van der Waals surface area (Å²) in [5.41, 5.74) is 0.706. The molecule has 1 heterocycles. The quantitative estimate of drug-likeness (QED) is 0.520. The second-order valence-corrected chi connectivity index (χ2v) is 2.23. The summed E-state index contributed by atoms with van der Waals surface area (Å²) in [6, 6.07) is 0. The van der Waals surface area contributed by atoms with E-state index in [-0.39, 0.29) is 0 Å². The predicted octanol–water partition coefficient (Wildman–Crippen LogP) is 1.51. The Morgan fingerprint density at radius 3 is 3.00 bits per heavy atom. The second kappa shape index (κ2) is 3.25. The maximum absolute atomic E-state index is 4.92. The molecule has 11 heavy (non-hydrogen) atoms. The monoisotopic (exact) mass is 168 g/mol. The lowest BCUT2D eigenvalue weighted by Crippen LogP contribution is -1.93. The van der Waals surface area contributed by atoms with Crippen LogP contribution in [0.4, 0.5) is 11.5 Å². The molecular weight excluding hydrogens is 160 g/mol. The smallest absolute Gasteiger partial charge is 0.157 e. The summed E-state index contributed by atoms with van der Waals surface area (Å²) in [5, 5.41) is 2.88. The van der Waals surface area contributed by atoms with Crippen molar-refractivity contribution in [2.45, 2.75) is 0 Å². The summed E-state index contributed by atoms with van der Waals surface area (Å²) in [6.45, 7) is 3.39. The van der Waals surface area contributed by atoms with Crippen LogP contribution in [-0.4, -0.2) is 23.7 Å². The molecule has 58 valence electrons. The summed E-state index contributed by atoms with van der Waals surface area (Å²) in [5.74, 6) is 0.618. The lowest BCUT2D eigenvalue weighted by molar-refractivity contribution is 1.13. The van der Waals surface area contributed by atoms with E-state index in [2.05, 4.69) is 27.0 Å². The van der Waals surface area contributed by atoms with E-state index in [1.54, 1.807) is 7.05 Å². The van der Waals surface area contributed by atoms with Crippen LogP contribution < -0.4 is 5.32 Å². The molecule has 0 bridgehead atoms. The van der Waals surface area contributed by atoms with Gasteiger partial charge in [0.15, 0.2) is 10.5 Å². The first-order valence-electron chi connectivity index (χ1n) is 3.01. The molecule has 0 unspecified atom stereocenters. The number of H-pyrrole nitrogens is 1. The largest absolute Gasteiger partial charge is 0.383 e. The second-order valence-electron chi connectivity index (χ2n) is 1.84. The number of nitrogens with zero attached hydrogens (tertiary/aromatic N) is 2. The fourth-order valence-electron chi connectivity index (χ4n) is 0.740. The van der Waals surface area contributed by atoms with Crippen LogP contribution in [0, 0.1) is 4.64 Å². The van der Waals surface area contributed by atoms with Crippen LogP contribution in [0.5, 0.6) is 0 Å². The van der Waals surface area contributed by atoms with Crippen LogP contribution in [0.1, 0.15) is 0 Å². The van der Waals surface area contributed by atoms with Crippen LogP contribution >= 0.6 is 12.2 Å². The van der Waals surface area contributed by atoms with Crippen LogP contribution in [-0.2, 0) is 0 Å². The number of hydrogen-bond acceptors (Lipinski definition) is 4. The molecular formula is C6H8N4S. The summed E-state index contributed by atoms with van der Waals surface area (Å²) in [6.07, 6.45) is 1.49. The van der Waals surface area contributed by atoms with Crippen molar-refractivity contribution in [2.75, 3.05) is 12.4 Å². The van der Waals surface area contributed by atoms with Gasteiger partial charge in [-0.1, -0.05) is 12.2 Å². The Bertz CT molecular complexity index is 317. The molecule has 1 aromatic rings. The third-order valence-corrected chi connectivity index (χ3v) is 1.55. The highest BCUT2D eigenvalue weighted by Gasteiger charge is 1.99. The molecule has 4 nitrogen and oxygen atoms in total. The van der Waals surface area contributed by atoms with Gasteiger partial charge >= 0.3 is 0 Å². The molecule has 1 rings (SSSR count). The van der Waals surface area contributed by atoms with E-state index in [9.17, 15) is 0 Å². The zero-order chi connectivity index (χ0) is 8.27. The highest BCUT2D eigenvalue weighted by Crippen LogP contribution is 2.19. The molecule has 1 aromatic heterocycles. The number of hydrogen-bond donors (Lipinski definition) is 2. The van der Waals surface area contributed by atoms with Gasteiger partial charge in [-0.3, -0.25) is 0 Å². The molecule has 0 radical (unpaired) electrons. The van der Waals surface area contributed by atoms with Gasteiger partial charge in [0.05, 0.1) is 6.33 Å². The standard InChI is InChI=1S/C6H8N4S/c1-7-4-5(8-2)9-3-10-6(4)11/h3,7H,2H2,1H3,(H,9,10,11). The van der Waals surface area contributed by atoms with Gasteiger partial charge in [-0.25, -0.2) is 9.98 Å². The van der Waals surface area contributed by atoms with Crippen molar-refractivity contribution in [3.63, 3.8) is 0 Å². The number of aromatic nitrogens is 2. The summed E-state index contributed by atoms with van der Waals surface area (Å²) in [4.78, 5) is 10.4. The number of anilines is 1. The van der Waals surface area contributed by atoms with Crippen molar-refractivity contribution in [2.24, 2.45) is 4.99 Å². The lowest BCUT2D eigenvalue weighted by Gasteiger charge is -2.01. The molecule has 5 heteroatoms. The zero-order valence-corrected chi connectivity index (χ0v) is 6.90. The van der Waals surface area contributed by atoms with E-state index in [0.29, 0.717) is 16.1 Å². The van der Waals surface area contributed by atoms with E-state index in [1.807, 2.05) is 0 Å². The number of nitrogens with one attached hydrogen (secondary N) is 2. The third kappa shape index (κ3) is 1.43. The Balaban J connectivity index is 3.36. The van der Waals surface area contributed by atoms with Crippen molar-refractivity contribution in [3.8, 4) is 0 Å². The normalized spacial score (nSPS) is 9.18. The molecule has 0 fully saturated rings. The summed E-state index contributed by atoms with van der Waals surface area (Å²) < 4.78 is 0.494. The maximum atomic E-state index is 4.92. The van der Waals surface area contributed by atoms with Crippen LogP contribution in [0.2, 0.25) is 0 Å². The van der Waals surface area contributed by atoms with Gasteiger partial charge in [-0.05, 0) is 6.72 Å². The summed E-state index contributed by atoms with van der Waals surface area (Å²) >= 11 is 4.92. The molecule has 2 N–H and O–H groups in total. The predicted molar refractivity (Wildman–Crippen MR) is 48.2 cm³/mol. The molecule has 0 aliphatic carbocycles. The van der Waals surface area contributed by atoms with Crippen LogP contribution in [0.3, 0.4) is 0 Å². The van der Waals surface area contributed by atoms with Gasteiger partial charge in [0.1, 0.15) is 5.69 Å². The van der Waals surface area contributed by atoms with E-state index < -0.39 is 0 Å². The Kier molecular flexibility index (Phi) is 2.32. The fourth-order valence-corrected chi connectivity index (χ4v) is 0.992. The molecule has 0 saturated carbocycles. The molecule has 0 aromatic carbocycles. The van der Waals surface area contributed by atoms with Crippen molar-refractivity contribution in [3.05, 3.63) is 11.0 Å². The van der Waals surface area contributed by atoms with E-state index in [4.69, 9.17) is 12.2 Å². The molecule has 0 amide bonds. The first kappa shape index (κ1) is 7.87. The van der Waals surface area contributed by atoms with Crippen molar-refractivity contribution in [1.82, 2.24) is 9.97 Å². The third-order valence-electron chi connectivity index (χ3n) is 1.24. The van der Waals surface area contributed by atoms with Crippen LogP contribution in [0.15, 0.2) is 11.3 Å². The van der Waals surface area contributed by atoms with Gasteiger partial charge < -0.3 is 10.3 Å². The Morgan fingerprint density at radius 1 is 1.82 bits per heavy atom. The lowest BCUT2D eigenvalue weighted by atomic mass is 10.5. The first-order valence-corrected chi connectivity index (χ1v) is 3.42. The maximum Gasteiger partial charge on any atom is 0.157 e. The van der Waals surface area contributed by atoms with E-state index in [1.165, 1.54) is 6.33 Å². The van der Waals surface area contributed by atoms with Crippen molar-refractivity contribution >= 4 is 30.4 Å². The highest BCUT2D eigenvalue weighted by atomic mass is 32.1. The minimum Gasteiger partial charge on any atom is -0.383 e. The number of rotatable bonds is 2. The average Bonchev–Trinajstić information content (AvgIpc) is 2.04. The van der Waals surface area contributed by atoms with Gasteiger partial charge in [-0.15, -0.1) is 0 Å². The highest BCUT2D eigenvalue weighted by molar-refractivity contribution is 7.71. The Hall–Kier alpha value is -1.23. The topological polar surface area (TPSA) is 53.1 Å². The van der Waals surface area contributed by atoms with E-state index in [0.717, 1.165) is 0 Å². The average molecular weight is 168 g/mol. The minimum atomic E-state index is 0.494. The summed E-state index contributed by atoms with van der Waals surface area (Å²) in [7, 11) is 1.76. The van der Waals surface area contributed by atoms with Crippen molar-refractivity contribution < 1.29 is 0 Å². The van der Waals surface area contributed by atoms with E-state index >= 15 is 0 Å². The molecule has 0 atom stereocenters. The zero-order valence-electron chi connectivity index (χ0n) is 6.09. The molecule has 0 spiro atoms. The van der Waals surface area contributed by atoms with Gasteiger partial charge in [0.25, 0.3) is 0 Å². The van der Waals surface area contributed by atoms with Crippen LogP contribution in [0.25, 0.3) is 0 Å². The van der Waals surface area contributed by atoms with Gasteiger partial charge in [0.2, 0.25) is 0 Å². The Labute approximate surface area is 69.4 Å². The minimum absolute atomic E-state index is 0.494. The van der Waals surface area contributed by atoms with Crippen molar-refractivity contribution in [1.29, 1.82) is 0 Å². The Morgan fingerprint density at radius 2 is 2.55 bits per heavy atom.